The van der Waals surface area contributed by atoms with Crippen molar-refractivity contribution in [2.24, 2.45) is 0 Å². The fraction of sp³-hybridized carbons (Fsp3) is 0.514. The van der Waals surface area contributed by atoms with Gasteiger partial charge in [-0.25, -0.2) is 4.39 Å². The van der Waals surface area contributed by atoms with Gasteiger partial charge in [0.15, 0.2) is 0 Å². The lowest BCUT2D eigenvalue weighted by atomic mass is 9.85. The van der Waals surface area contributed by atoms with Crippen LogP contribution in [0.1, 0.15) is 29.9 Å². The van der Waals surface area contributed by atoms with Crippen molar-refractivity contribution >= 4 is 11.4 Å². The highest BCUT2D eigenvalue weighted by Gasteiger charge is 2.36. The van der Waals surface area contributed by atoms with E-state index in [1.165, 1.54) is 11.6 Å². The SMILES string of the molecule is CNCCO[C@@H]1CNC[C@H](OCc2ccc3c(c2)N(CCCOC)CCO3)[C@H]1c1ccc(O[C@H]2CCN(c3cccc(F)c3)C2)cc1. The Labute approximate surface area is 278 Å². The Morgan fingerprint density at radius 1 is 0.979 bits per heavy atom. The van der Waals surface area contributed by atoms with Gasteiger partial charge in [0.1, 0.15) is 30.0 Å². The number of hydrogen-bond donors (Lipinski definition) is 2. The summed E-state index contributed by atoms with van der Waals surface area (Å²) in [6, 6.07) is 21.6. The van der Waals surface area contributed by atoms with Gasteiger partial charge >= 0.3 is 0 Å². The Balaban J connectivity index is 1.12. The summed E-state index contributed by atoms with van der Waals surface area (Å²) in [5.41, 5.74) is 4.32. The van der Waals surface area contributed by atoms with Crippen LogP contribution in [0.3, 0.4) is 0 Å². The van der Waals surface area contributed by atoms with Crippen LogP contribution in [0.4, 0.5) is 15.8 Å². The summed E-state index contributed by atoms with van der Waals surface area (Å²) in [6.07, 6.45) is 1.81. The van der Waals surface area contributed by atoms with E-state index >= 15 is 0 Å². The Morgan fingerprint density at radius 2 is 1.83 bits per heavy atom. The fourth-order valence-corrected chi connectivity index (χ4v) is 6.86. The summed E-state index contributed by atoms with van der Waals surface area (Å²) in [7, 11) is 3.68. The summed E-state index contributed by atoms with van der Waals surface area (Å²) < 4.78 is 44.5. The Kier molecular flexibility index (Phi) is 11.8. The Bertz CT molecular complexity index is 1410. The van der Waals surface area contributed by atoms with Crippen molar-refractivity contribution in [1.82, 2.24) is 10.6 Å². The van der Waals surface area contributed by atoms with Crippen LogP contribution in [-0.2, 0) is 20.8 Å². The maximum absolute atomic E-state index is 13.8. The van der Waals surface area contributed by atoms with Crippen molar-refractivity contribution in [2.45, 2.75) is 43.7 Å². The molecule has 0 aliphatic carbocycles. The van der Waals surface area contributed by atoms with E-state index in [1.54, 1.807) is 19.2 Å². The van der Waals surface area contributed by atoms with Gasteiger partial charge in [-0.05, 0) is 67.1 Å². The molecule has 2 saturated heterocycles. The molecule has 3 aromatic carbocycles. The zero-order valence-electron chi connectivity index (χ0n) is 27.7. The van der Waals surface area contributed by atoms with Crippen molar-refractivity contribution in [1.29, 1.82) is 0 Å². The number of fused-ring (bicyclic) bond motifs is 1. The molecule has 0 radical (unpaired) electrons. The molecule has 6 rings (SSSR count). The molecule has 10 heteroatoms. The maximum atomic E-state index is 13.8. The van der Waals surface area contributed by atoms with Gasteiger partial charge in [0.05, 0.1) is 44.2 Å². The van der Waals surface area contributed by atoms with Crippen LogP contribution in [0.25, 0.3) is 0 Å². The monoisotopic (exact) mass is 648 g/mol. The van der Waals surface area contributed by atoms with Gasteiger partial charge in [-0.2, -0.15) is 0 Å². The van der Waals surface area contributed by atoms with E-state index in [2.05, 4.69) is 62.9 Å². The van der Waals surface area contributed by atoms with Crippen LogP contribution in [0.5, 0.6) is 11.5 Å². The second-order valence-corrected chi connectivity index (χ2v) is 12.6. The van der Waals surface area contributed by atoms with Gasteiger partial charge in [0.25, 0.3) is 0 Å². The number of nitrogens with zero attached hydrogens (tertiary/aromatic N) is 2. The molecular weight excluding hydrogens is 599 g/mol. The average molecular weight is 649 g/mol. The van der Waals surface area contributed by atoms with Gasteiger partial charge < -0.3 is 44.1 Å². The van der Waals surface area contributed by atoms with Crippen LogP contribution < -0.4 is 29.9 Å². The number of rotatable bonds is 15. The normalized spacial score (nSPS) is 22.6. The molecule has 0 aromatic heterocycles. The third-order valence-corrected chi connectivity index (χ3v) is 9.29. The fourth-order valence-electron chi connectivity index (χ4n) is 6.86. The molecule has 3 aromatic rings. The van der Waals surface area contributed by atoms with Gasteiger partial charge in [-0.1, -0.05) is 24.3 Å². The van der Waals surface area contributed by atoms with E-state index in [0.29, 0.717) is 19.8 Å². The molecule has 3 aliphatic rings. The minimum absolute atomic E-state index is 0.0308. The molecule has 254 valence electrons. The van der Waals surface area contributed by atoms with Gasteiger partial charge in [0, 0.05) is 64.5 Å². The topological polar surface area (TPSA) is 76.7 Å². The molecule has 47 heavy (non-hydrogen) atoms. The molecule has 9 nitrogen and oxygen atoms in total. The summed E-state index contributed by atoms with van der Waals surface area (Å²) in [5, 5.41) is 6.74. The summed E-state index contributed by atoms with van der Waals surface area (Å²) in [5.74, 6) is 1.61. The quantitative estimate of drug-likeness (QED) is 0.230. The molecule has 0 amide bonds. The molecule has 0 unspecified atom stereocenters. The second-order valence-electron chi connectivity index (χ2n) is 12.6. The van der Waals surface area contributed by atoms with E-state index in [-0.39, 0.29) is 30.0 Å². The summed E-state index contributed by atoms with van der Waals surface area (Å²) >= 11 is 0. The predicted molar refractivity (Wildman–Crippen MR) is 183 cm³/mol. The third-order valence-electron chi connectivity index (χ3n) is 9.29. The highest BCUT2D eigenvalue weighted by atomic mass is 19.1. The largest absolute Gasteiger partial charge is 0.490 e. The van der Waals surface area contributed by atoms with Crippen LogP contribution in [0.15, 0.2) is 66.7 Å². The molecule has 2 fully saturated rings. The van der Waals surface area contributed by atoms with E-state index in [1.807, 2.05) is 13.1 Å². The molecule has 0 saturated carbocycles. The van der Waals surface area contributed by atoms with Crippen molar-refractivity contribution in [2.75, 3.05) is 89.6 Å². The summed E-state index contributed by atoms with van der Waals surface area (Å²) in [4.78, 5) is 4.56. The zero-order chi connectivity index (χ0) is 32.4. The number of methoxy groups -OCH3 is 1. The second kappa shape index (κ2) is 16.6. The van der Waals surface area contributed by atoms with Crippen LogP contribution in [0.2, 0.25) is 0 Å². The van der Waals surface area contributed by atoms with E-state index in [9.17, 15) is 4.39 Å². The van der Waals surface area contributed by atoms with Crippen LogP contribution in [0, 0.1) is 5.82 Å². The number of halogens is 1. The number of hydrogen-bond acceptors (Lipinski definition) is 9. The van der Waals surface area contributed by atoms with Crippen molar-refractivity contribution in [3.05, 3.63) is 83.7 Å². The van der Waals surface area contributed by atoms with Crippen molar-refractivity contribution in [3.63, 3.8) is 0 Å². The molecule has 2 N–H and O–H groups in total. The Morgan fingerprint density at radius 3 is 2.64 bits per heavy atom. The lowest BCUT2D eigenvalue weighted by Gasteiger charge is -2.39. The number of benzene rings is 3. The number of anilines is 2. The Hall–Kier alpha value is -3.41. The standard InChI is InChI=1S/C37H49FN4O5/c1-39-14-19-44-35-23-40-24-36(46-26-27-7-12-34-33(21-27)41(17-20-45-34)15-4-18-43-2)37(35)28-8-10-31(11-9-28)47-32-13-16-42(25-32)30-6-3-5-29(38)22-30/h3,5-12,21-22,32,35-37,39-40H,4,13-20,23-26H2,1-2H3/t32-,35+,36-,37-/m0/s1. The van der Waals surface area contributed by atoms with Gasteiger partial charge in [0.2, 0.25) is 0 Å². The number of likely N-dealkylation sites (N-methyl/N-ethyl adjacent to an activating group) is 1. The number of piperidine rings is 1. The number of ether oxygens (including phenoxy) is 5. The molecule has 4 atom stereocenters. The number of nitrogens with one attached hydrogen (secondary N) is 2. The van der Waals surface area contributed by atoms with Crippen molar-refractivity contribution in [3.8, 4) is 11.5 Å². The van der Waals surface area contributed by atoms with Crippen LogP contribution in [-0.4, -0.2) is 98.1 Å². The first-order chi connectivity index (χ1) is 23.1. The van der Waals surface area contributed by atoms with E-state index < -0.39 is 0 Å². The minimum atomic E-state index is -0.214. The zero-order valence-corrected chi connectivity index (χ0v) is 27.7. The van der Waals surface area contributed by atoms with Crippen molar-refractivity contribution < 1.29 is 28.1 Å². The van der Waals surface area contributed by atoms with Gasteiger partial charge in [-0.15, -0.1) is 0 Å². The first kappa shape index (κ1) is 33.5. The third kappa shape index (κ3) is 8.74. The minimum Gasteiger partial charge on any atom is -0.490 e. The first-order valence-electron chi connectivity index (χ1n) is 17.0. The molecule has 0 bridgehead atoms. The first-order valence-corrected chi connectivity index (χ1v) is 17.0. The lowest BCUT2D eigenvalue weighted by Crippen LogP contribution is -2.51. The average Bonchev–Trinajstić information content (AvgIpc) is 3.57. The van der Waals surface area contributed by atoms with Gasteiger partial charge in [-0.3, -0.25) is 0 Å². The summed E-state index contributed by atoms with van der Waals surface area (Å²) in [6.45, 7) is 8.22. The van der Waals surface area contributed by atoms with E-state index in [4.69, 9.17) is 23.7 Å². The molecule has 3 heterocycles. The lowest BCUT2D eigenvalue weighted by molar-refractivity contribution is -0.0589. The van der Waals surface area contributed by atoms with Crippen LogP contribution >= 0.6 is 0 Å². The highest BCUT2D eigenvalue weighted by molar-refractivity contribution is 5.61. The highest BCUT2D eigenvalue weighted by Crippen LogP contribution is 2.35. The molecule has 3 aliphatic heterocycles. The molecular formula is C37H49FN4O5. The smallest absolute Gasteiger partial charge is 0.142 e. The molecule has 0 spiro atoms. The predicted octanol–water partition coefficient (Wildman–Crippen LogP) is 4.60. The van der Waals surface area contributed by atoms with E-state index in [0.717, 1.165) is 93.7 Å². The maximum Gasteiger partial charge on any atom is 0.142 e.